The second-order valence-electron chi connectivity index (χ2n) is 4.73. The fourth-order valence-electron chi connectivity index (χ4n) is 1.89. The van der Waals surface area contributed by atoms with Gasteiger partial charge in [0, 0.05) is 17.2 Å². The zero-order valence-corrected chi connectivity index (χ0v) is 12.0. The number of aliphatic hydroxyl groups is 1. The summed E-state index contributed by atoms with van der Waals surface area (Å²) in [6.45, 7) is 1.87. The van der Waals surface area contributed by atoms with Gasteiger partial charge in [-0.05, 0) is 12.5 Å². The van der Waals surface area contributed by atoms with Crippen LogP contribution in [0.1, 0.15) is 18.2 Å². The number of hydrogen-bond acceptors (Lipinski definition) is 4. The van der Waals surface area contributed by atoms with Crippen molar-refractivity contribution in [1.29, 1.82) is 0 Å². The number of rotatable bonds is 4. The van der Waals surface area contributed by atoms with Crippen molar-refractivity contribution in [3.05, 3.63) is 47.7 Å². The summed E-state index contributed by atoms with van der Waals surface area (Å²) in [5.41, 5.74) is 1.68. The molecule has 0 atom stereocenters. The predicted molar refractivity (Wildman–Crippen MR) is 75.9 cm³/mol. The number of allylic oxidation sites excluding steroid dienone is 1. The largest absolute Gasteiger partial charge is 0.507 e. The van der Waals surface area contributed by atoms with Crippen molar-refractivity contribution in [2.75, 3.05) is 0 Å². The first-order valence-corrected chi connectivity index (χ1v) is 6.63. The highest BCUT2D eigenvalue weighted by Crippen LogP contribution is 2.24. The normalized spacial score (nSPS) is 12.4. The van der Waals surface area contributed by atoms with E-state index in [1.807, 2.05) is 6.92 Å². The van der Waals surface area contributed by atoms with Crippen molar-refractivity contribution in [2.24, 2.45) is 0 Å². The highest BCUT2D eigenvalue weighted by molar-refractivity contribution is 5.99. The Morgan fingerprint density at radius 3 is 2.39 bits per heavy atom. The van der Waals surface area contributed by atoms with Gasteiger partial charge in [-0.1, -0.05) is 31.2 Å². The van der Waals surface area contributed by atoms with Crippen LogP contribution in [-0.2, 0) is 11.2 Å². The van der Waals surface area contributed by atoms with Gasteiger partial charge in [0.15, 0.2) is 0 Å². The van der Waals surface area contributed by atoms with E-state index < -0.39 is 17.7 Å². The Kier molecular flexibility index (Phi) is 4.44. The maximum Gasteiger partial charge on any atom is 0.454 e. The first-order chi connectivity index (χ1) is 10.7. The first-order valence-electron chi connectivity index (χ1n) is 6.63. The SMILES string of the molecule is CCc1cc(-c2ccc(/C(O)=C/C(=O)C(F)(F)F)cc2)n(O)n1. The zero-order chi connectivity index (χ0) is 17.2. The molecule has 1 heterocycles. The molecule has 2 rings (SSSR count). The first kappa shape index (κ1) is 16.6. The molecule has 0 saturated heterocycles. The van der Waals surface area contributed by atoms with E-state index in [4.69, 9.17) is 0 Å². The molecule has 23 heavy (non-hydrogen) atoms. The number of carbonyl (C=O) groups excluding carboxylic acids is 1. The summed E-state index contributed by atoms with van der Waals surface area (Å²) in [6, 6.07) is 7.31. The second-order valence-corrected chi connectivity index (χ2v) is 4.73. The Bertz CT molecular complexity index is 746. The van der Waals surface area contributed by atoms with Crippen LogP contribution >= 0.6 is 0 Å². The highest BCUT2D eigenvalue weighted by atomic mass is 19.4. The molecular formula is C15H13F3N2O3. The van der Waals surface area contributed by atoms with Crippen LogP contribution in [0.4, 0.5) is 13.2 Å². The number of nitrogens with zero attached hydrogens (tertiary/aromatic N) is 2. The topological polar surface area (TPSA) is 75.3 Å². The molecule has 0 spiro atoms. The lowest BCUT2D eigenvalue weighted by atomic mass is 10.1. The van der Waals surface area contributed by atoms with Crippen LogP contribution in [0.15, 0.2) is 36.4 Å². The van der Waals surface area contributed by atoms with E-state index in [-0.39, 0.29) is 11.6 Å². The molecular weight excluding hydrogens is 313 g/mol. The number of aryl methyl sites for hydroxylation is 1. The molecule has 0 aliphatic heterocycles. The standard InChI is InChI=1S/C15H13F3N2O3/c1-2-11-7-12(20(23)19-11)9-3-5-10(6-4-9)13(21)8-14(22)15(16,17)18/h3-8,21,23H,2H2,1H3/b13-8-. The quantitative estimate of drug-likeness (QED) is 0.513. The Morgan fingerprint density at radius 1 is 1.30 bits per heavy atom. The molecule has 0 fully saturated rings. The number of carbonyl (C=O) groups is 1. The minimum absolute atomic E-state index is 0.0473. The summed E-state index contributed by atoms with van der Waals surface area (Å²) in [6.07, 6.45) is -4.28. The van der Waals surface area contributed by atoms with Gasteiger partial charge in [-0.15, -0.1) is 9.94 Å². The van der Waals surface area contributed by atoms with Crippen LogP contribution in [0.5, 0.6) is 0 Å². The molecule has 0 bridgehead atoms. The number of aromatic nitrogens is 2. The van der Waals surface area contributed by atoms with E-state index in [2.05, 4.69) is 5.10 Å². The number of benzene rings is 1. The fourth-order valence-corrected chi connectivity index (χ4v) is 1.89. The molecule has 5 nitrogen and oxygen atoms in total. The van der Waals surface area contributed by atoms with E-state index >= 15 is 0 Å². The average molecular weight is 326 g/mol. The minimum atomic E-state index is -5.03. The van der Waals surface area contributed by atoms with Crippen molar-refractivity contribution >= 4 is 11.5 Å². The zero-order valence-electron chi connectivity index (χ0n) is 12.0. The molecule has 0 aliphatic rings. The van der Waals surface area contributed by atoms with Crippen LogP contribution in [0.2, 0.25) is 0 Å². The third kappa shape index (κ3) is 3.71. The summed E-state index contributed by atoms with van der Waals surface area (Å²) in [5, 5.41) is 23.1. The fraction of sp³-hybridized carbons (Fsp3) is 0.200. The molecule has 0 aliphatic carbocycles. The number of alkyl halides is 3. The van der Waals surface area contributed by atoms with Gasteiger partial charge in [-0.3, -0.25) is 4.79 Å². The summed E-state index contributed by atoms with van der Waals surface area (Å²) in [5.74, 6) is -2.93. The van der Waals surface area contributed by atoms with Crippen LogP contribution < -0.4 is 0 Å². The highest BCUT2D eigenvalue weighted by Gasteiger charge is 2.37. The van der Waals surface area contributed by atoms with Crippen molar-refractivity contribution in [1.82, 2.24) is 9.94 Å². The molecule has 2 N–H and O–H groups in total. The number of ketones is 1. The van der Waals surface area contributed by atoms with Crippen LogP contribution in [0.3, 0.4) is 0 Å². The molecule has 122 valence electrons. The molecule has 0 saturated carbocycles. The van der Waals surface area contributed by atoms with Crippen molar-refractivity contribution in [3.8, 4) is 11.3 Å². The Morgan fingerprint density at radius 2 is 1.91 bits per heavy atom. The van der Waals surface area contributed by atoms with Gasteiger partial charge in [0.25, 0.3) is 5.78 Å². The van der Waals surface area contributed by atoms with Gasteiger partial charge in [-0.25, -0.2) is 0 Å². The Labute approximate surface area is 129 Å². The summed E-state index contributed by atoms with van der Waals surface area (Å²) >= 11 is 0. The van der Waals surface area contributed by atoms with Gasteiger partial charge in [0.05, 0.1) is 5.69 Å². The van der Waals surface area contributed by atoms with Gasteiger partial charge in [-0.2, -0.15) is 13.2 Å². The maximum absolute atomic E-state index is 12.1. The minimum Gasteiger partial charge on any atom is -0.507 e. The molecule has 2 aromatic rings. The molecule has 1 aromatic carbocycles. The monoisotopic (exact) mass is 326 g/mol. The lowest BCUT2D eigenvalue weighted by molar-refractivity contribution is -0.165. The van der Waals surface area contributed by atoms with Gasteiger partial charge in [0.2, 0.25) is 0 Å². The Balaban J connectivity index is 2.27. The van der Waals surface area contributed by atoms with Gasteiger partial charge in [0.1, 0.15) is 11.5 Å². The number of hydrogen-bond donors (Lipinski definition) is 2. The van der Waals surface area contributed by atoms with E-state index in [0.29, 0.717) is 28.2 Å². The molecule has 8 heteroatoms. The van der Waals surface area contributed by atoms with E-state index in [1.54, 1.807) is 6.07 Å². The van der Waals surface area contributed by atoms with Crippen LogP contribution in [-0.4, -0.2) is 32.2 Å². The van der Waals surface area contributed by atoms with Crippen LogP contribution in [0.25, 0.3) is 17.0 Å². The second kappa shape index (κ2) is 6.15. The lowest BCUT2D eigenvalue weighted by Gasteiger charge is -2.05. The lowest BCUT2D eigenvalue weighted by Crippen LogP contribution is -2.20. The van der Waals surface area contributed by atoms with Crippen LogP contribution in [0, 0.1) is 0 Å². The third-order valence-electron chi connectivity index (χ3n) is 3.13. The predicted octanol–water partition coefficient (Wildman–Crippen LogP) is 3.38. The van der Waals surface area contributed by atoms with Crippen molar-refractivity contribution in [3.63, 3.8) is 0 Å². The van der Waals surface area contributed by atoms with Crippen molar-refractivity contribution in [2.45, 2.75) is 19.5 Å². The van der Waals surface area contributed by atoms with E-state index in [0.717, 1.165) is 0 Å². The third-order valence-corrected chi connectivity index (χ3v) is 3.13. The number of halogens is 3. The average Bonchev–Trinajstić information content (AvgIpc) is 2.87. The summed E-state index contributed by atoms with van der Waals surface area (Å²) < 4.78 is 36.4. The van der Waals surface area contributed by atoms with Gasteiger partial charge >= 0.3 is 6.18 Å². The van der Waals surface area contributed by atoms with Crippen molar-refractivity contribution < 1.29 is 28.3 Å². The van der Waals surface area contributed by atoms with Gasteiger partial charge < -0.3 is 10.3 Å². The molecule has 0 unspecified atom stereocenters. The number of aliphatic hydroxyl groups excluding tert-OH is 1. The summed E-state index contributed by atoms with van der Waals surface area (Å²) in [4.78, 5) is 11.5. The summed E-state index contributed by atoms with van der Waals surface area (Å²) in [7, 11) is 0. The van der Waals surface area contributed by atoms with E-state index in [9.17, 15) is 28.3 Å². The smallest absolute Gasteiger partial charge is 0.454 e. The molecule has 0 amide bonds. The van der Waals surface area contributed by atoms with E-state index in [1.165, 1.54) is 24.3 Å². The maximum atomic E-state index is 12.1. The Hall–Kier alpha value is -2.77. The molecule has 1 aromatic heterocycles. The molecule has 0 radical (unpaired) electrons.